The maximum atomic E-state index is 13.2. The molecule has 0 fully saturated rings. The summed E-state index contributed by atoms with van der Waals surface area (Å²) in [6.07, 6.45) is 0.187. The zero-order valence-corrected chi connectivity index (χ0v) is 22.6. The number of alkyl carbamates (subject to hydrolysis) is 1. The number of carbonyl (C=O) groups is 4. The minimum absolute atomic E-state index is 0.0665. The number of nitrogens with one attached hydrogen (secondary N) is 3. The lowest BCUT2D eigenvalue weighted by Crippen LogP contribution is -2.57. The Morgan fingerprint density at radius 3 is 1.61 bits per heavy atom. The molecular formula is C29H40N4O5. The molecule has 0 aliphatic carbocycles. The number of nitrogens with two attached hydrogens (primary N) is 1. The normalized spacial score (nSPS) is 13.3. The van der Waals surface area contributed by atoms with E-state index in [1.54, 1.807) is 0 Å². The molecule has 0 radical (unpaired) electrons. The van der Waals surface area contributed by atoms with Gasteiger partial charge in [0.1, 0.15) is 24.7 Å². The standard InChI is InChI=1S/C29H40N4O5/c1-19(2)15-24(27(35)31-23(26(30)34)17-21-11-7-5-8-12-21)32-28(36)25(16-20(3)4)33-29(37)38-18-22-13-9-6-10-14-22/h5-14,19-20,23-25H,15-18H2,1-4H3,(H2,30,34)(H,31,35)(H,32,36)(H,33,37)/t23-,24-,25-/m0/s1. The Labute approximate surface area is 224 Å². The van der Waals surface area contributed by atoms with Gasteiger partial charge in [-0.15, -0.1) is 0 Å². The van der Waals surface area contributed by atoms with Gasteiger partial charge in [0.05, 0.1) is 0 Å². The van der Waals surface area contributed by atoms with Gasteiger partial charge in [0.25, 0.3) is 0 Å². The van der Waals surface area contributed by atoms with Crippen molar-refractivity contribution >= 4 is 23.8 Å². The van der Waals surface area contributed by atoms with E-state index >= 15 is 0 Å². The van der Waals surface area contributed by atoms with Crippen molar-refractivity contribution in [1.82, 2.24) is 16.0 Å². The van der Waals surface area contributed by atoms with Gasteiger partial charge in [-0.1, -0.05) is 88.4 Å². The highest BCUT2D eigenvalue weighted by Gasteiger charge is 2.30. The van der Waals surface area contributed by atoms with Gasteiger partial charge >= 0.3 is 6.09 Å². The zero-order valence-electron chi connectivity index (χ0n) is 22.6. The lowest BCUT2D eigenvalue weighted by atomic mass is 9.99. The lowest BCUT2D eigenvalue weighted by molar-refractivity contribution is -0.132. The third-order valence-electron chi connectivity index (χ3n) is 5.81. The predicted octanol–water partition coefficient (Wildman–Crippen LogP) is 3.07. The molecule has 0 unspecified atom stereocenters. The molecule has 0 aromatic heterocycles. The molecule has 2 aromatic carbocycles. The fourth-order valence-electron chi connectivity index (χ4n) is 3.93. The van der Waals surface area contributed by atoms with Gasteiger partial charge in [-0.05, 0) is 35.8 Å². The van der Waals surface area contributed by atoms with Crippen molar-refractivity contribution in [1.29, 1.82) is 0 Å². The lowest BCUT2D eigenvalue weighted by Gasteiger charge is -2.26. The molecular weight excluding hydrogens is 484 g/mol. The van der Waals surface area contributed by atoms with E-state index in [1.807, 2.05) is 88.4 Å². The first-order valence-electron chi connectivity index (χ1n) is 13.0. The Hall–Kier alpha value is -3.88. The maximum absolute atomic E-state index is 13.2. The number of carbonyl (C=O) groups excluding carboxylic acids is 4. The summed E-state index contributed by atoms with van der Waals surface area (Å²) in [5.41, 5.74) is 7.23. The third kappa shape index (κ3) is 11.0. The van der Waals surface area contributed by atoms with E-state index in [4.69, 9.17) is 10.5 Å². The van der Waals surface area contributed by atoms with Crippen LogP contribution in [0.1, 0.15) is 51.7 Å². The molecule has 0 aliphatic rings. The highest BCUT2D eigenvalue weighted by Crippen LogP contribution is 2.11. The smallest absolute Gasteiger partial charge is 0.408 e. The monoisotopic (exact) mass is 524 g/mol. The van der Waals surface area contributed by atoms with E-state index in [1.165, 1.54) is 0 Å². The third-order valence-corrected chi connectivity index (χ3v) is 5.81. The van der Waals surface area contributed by atoms with Crippen molar-refractivity contribution in [2.45, 2.75) is 71.7 Å². The van der Waals surface area contributed by atoms with Crippen molar-refractivity contribution < 1.29 is 23.9 Å². The van der Waals surface area contributed by atoms with Gasteiger partial charge in [-0.2, -0.15) is 0 Å². The van der Waals surface area contributed by atoms with Crippen LogP contribution in [0.4, 0.5) is 4.79 Å². The second-order valence-electron chi connectivity index (χ2n) is 10.2. The molecule has 2 rings (SSSR count). The average molecular weight is 525 g/mol. The summed E-state index contributed by atoms with van der Waals surface area (Å²) in [6.45, 7) is 7.77. The fourth-order valence-corrected chi connectivity index (χ4v) is 3.93. The molecule has 0 spiro atoms. The number of hydrogen-bond donors (Lipinski definition) is 4. The summed E-state index contributed by atoms with van der Waals surface area (Å²) in [6, 6.07) is 15.7. The number of rotatable bonds is 14. The summed E-state index contributed by atoms with van der Waals surface area (Å²) in [4.78, 5) is 51.0. The molecule has 0 heterocycles. The topological polar surface area (TPSA) is 140 Å². The van der Waals surface area contributed by atoms with Gasteiger partial charge in [0, 0.05) is 6.42 Å². The van der Waals surface area contributed by atoms with Gasteiger partial charge in [-0.25, -0.2) is 4.79 Å². The van der Waals surface area contributed by atoms with Crippen LogP contribution in [0.25, 0.3) is 0 Å². The Balaban J connectivity index is 2.07. The molecule has 3 atom stereocenters. The summed E-state index contributed by atoms with van der Waals surface area (Å²) >= 11 is 0. The second-order valence-corrected chi connectivity index (χ2v) is 10.2. The van der Waals surface area contributed by atoms with E-state index in [2.05, 4.69) is 16.0 Å². The molecule has 0 saturated heterocycles. The van der Waals surface area contributed by atoms with Crippen LogP contribution in [0.2, 0.25) is 0 Å². The Morgan fingerprint density at radius 1 is 0.684 bits per heavy atom. The maximum Gasteiger partial charge on any atom is 0.408 e. The molecule has 9 nitrogen and oxygen atoms in total. The van der Waals surface area contributed by atoms with E-state index in [0.29, 0.717) is 12.8 Å². The first-order valence-corrected chi connectivity index (χ1v) is 13.0. The van der Waals surface area contributed by atoms with Crippen LogP contribution in [-0.4, -0.2) is 41.9 Å². The Kier molecular flexibility index (Phi) is 12.3. The molecule has 0 bridgehead atoms. The molecule has 4 amide bonds. The van der Waals surface area contributed by atoms with Crippen LogP contribution in [0.5, 0.6) is 0 Å². The molecule has 9 heteroatoms. The summed E-state index contributed by atoms with van der Waals surface area (Å²) in [5, 5.41) is 8.09. The molecule has 5 N–H and O–H groups in total. The number of amides is 4. The summed E-state index contributed by atoms with van der Waals surface area (Å²) < 4.78 is 5.28. The van der Waals surface area contributed by atoms with E-state index in [9.17, 15) is 19.2 Å². The first-order chi connectivity index (χ1) is 18.0. The quantitative estimate of drug-likeness (QED) is 0.301. The van der Waals surface area contributed by atoms with Crippen LogP contribution >= 0.6 is 0 Å². The van der Waals surface area contributed by atoms with Crippen LogP contribution in [0.15, 0.2) is 60.7 Å². The van der Waals surface area contributed by atoms with Crippen molar-refractivity contribution in [3.8, 4) is 0 Å². The number of benzene rings is 2. The highest BCUT2D eigenvalue weighted by atomic mass is 16.5. The van der Waals surface area contributed by atoms with Crippen molar-refractivity contribution in [3.05, 3.63) is 71.8 Å². The minimum atomic E-state index is -0.936. The Morgan fingerprint density at radius 2 is 1.13 bits per heavy atom. The van der Waals surface area contributed by atoms with Crippen molar-refractivity contribution in [2.24, 2.45) is 17.6 Å². The number of hydrogen-bond acceptors (Lipinski definition) is 5. The van der Waals surface area contributed by atoms with Gasteiger partial charge in [0.15, 0.2) is 0 Å². The first kappa shape index (κ1) is 30.3. The summed E-state index contributed by atoms with van der Waals surface area (Å²) in [5.74, 6) is -1.53. The molecule has 0 aliphatic heterocycles. The Bertz CT molecular complexity index is 1040. The number of ether oxygens (including phenoxy) is 1. The van der Waals surface area contributed by atoms with E-state index < -0.39 is 41.9 Å². The molecule has 0 saturated carbocycles. The van der Waals surface area contributed by atoms with Gasteiger partial charge in [-0.3, -0.25) is 14.4 Å². The number of primary amides is 1. The van der Waals surface area contributed by atoms with E-state index in [0.717, 1.165) is 11.1 Å². The second kappa shape index (κ2) is 15.4. The molecule has 38 heavy (non-hydrogen) atoms. The van der Waals surface area contributed by atoms with E-state index in [-0.39, 0.29) is 24.9 Å². The van der Waals surface area contributed by atoms with Crippen LogP contribution in [0, 0.1) is 11.8 Å². The SMILES string of the molecule is CC(C)C[C@H](NC(=O)OCc1ccccc1)C(=O)N[C@@H](CC(C)C)C(=O)N[C@@H](Cc1ccccc1)C(N)=O. The van der Waals surface area contributed by atoms with Crippen LogP contribution < -0.4 is 21.7 Å². The predicted molar refractivity (Wildman–Crippen MR) is 146 cm³/mol. The average Bonchev–Trinajstić information content (AvgIpc) is 2.86. The van der Waals surface area contributed by atoms with Crippen molar-refractivity contribution in [2.75, 3.05) is 0 Å². The molecule has 2 aromatic rings. The highest BCUT2D eigenvalue weighted by molar-refractivity contribution is 5.93. The molecule has 206 valence electrons. The largest absolute Gasteiger partial charge is 0.445 e. The van der Waals surface area contributed by atoms with Crippen LogP contribution in [0.3, 0.4) is 0 Å². The van der Waals surface area contributed by atoms with Crippen molar-refractivity contribution in [3.63, 3.8) is 0 Å². The van der Waals surface area contributed by atoms with Gasteiger partial charge in [0.2, 0.25) is 17.7 Å². The zero-order chi connectivity index (χ0) is 28.1. The van der Waals surface area contributed by atoms with Gasteiger partial charge < -0.3 is 26.4 Å². The fraction of sp³-hybridized carbons (Fsp3) is 0.448. The minimum Gasteiger partial charge on any atom is -0.445 e. The van der Waals surface area contributed by atoms with Crippen LogP contribution in [-0.2, 0) is 32.1 Å². The summed E-state index contributed by atoms with van der Waals surface area (Å²) in [7, 11) is 0.